The van der Waals surface area contributed by atoms with Gasteiger partial charge in [0.1, 0.15) is 11.6 Å². The second-order valence-electron chi connectivity index (χ2n) is 6.94. The summed E-state index contributed by atoms with van der Waals surface area (Å²) in [5.74, 6) is 0.452. The minimum absolute atomic E-state index is 0.205. The maximum atomic E-state index is 14.4. The van der Waals surface area contributed by atoms with Crippen molar-refractivity contribution in [3.63, 3.8) is 0 Å². The molecule has 4 rings (SSSR count). The third kappa shape index (κ3) is 3.86. The Labute approximate surface area is 156 Å². The standard InChI is InChI=1S/C20H21F2N5/c1-11(12-4-6-14(21)7-5-12)24-18-9-19(16(23)8-15(18)22)25-20-10-17(26-27-20)13-2-3-13/h4-11,13,24H,2-3,23H2,1H3,(H2,25,26,27)/t11-/m0/s1. The monoisotopic (exact) mass is 369 g/mol. The summed E-state index contributed by atoms with van der Waals surface area (Å²) in [6, 6.07) is 10.8. The summed E-state index contributed by atoms with van der Waals surface area (Å²) >= 11 is 0. The third-order valence-electron chi connectivity index (χ3n) is 4.76. The van der Waals surface area contributed by atoms with Crippen molar-refractivity contribution in [2.24, 2.45) is 0 Å². The highest BCUT2D eigenvalue weighted by molar-refractivity contribution is 5.76. The Balaban J connectivity index is 1.53. The summed E-state index contributed by atoms with van der Waals surface area (Å²) in [5.41, 5.74) is 9.09. The molecule has 0 spiro atoms. The molecule has 1 aliphatic rings. The van der Waals surface area contributed by atoms with Gasteiger partial charge in [-0.05, 0) is 43.5 Å². The first-order valence-electron chi connectivity index (χ1n) is 8.93. The zero-order chi connectivity index (χ0) is 19.0. The topological polar surface area (TPSA) is 78.8 Å². The van der Waals surface area contributed by atoms with E-state index in [0.717, 1.165) is 11.3 Å². The molecule has 1 aromatic heterocycles. The predicted octanol–water partition coefficient (Wildman–Crippen LogP) is 5.06. The molecule has 0 aliphatic heterocycles. The number of nitrogens with two attached hydrogens (primary N) is 1. The van der Waals surface area contributed by atoms with Gasteiger partial charge in [0.15, 0.2) is 5.82 Å². The second kappa shape index (κ2) is 6.90. The zero-order valence-corrected chi connectivity index (χ0v) is 14.9. The van der Waals surface area contributed by atoms with E-state index in [9.17, 15) is 8.78 Å². The van der Waals surface area contributed by atoms with E-state index in [-0.39, 0.29) is 11.9 Å². The van der Waals surface area contributed by atoms with E-state index in [2.05, 4.69) is 20.8 Å². The highest BCUT2D eigenvalue weighted by Crippen LogP contribution is 2.40. The number of nitrogen functional groups attached to an aromatic ring is 1. The number of hydrogen-bond donors (Lipinski definition) is 4. The van der Waals surface area contributed by atoms with Crippen LogP contribution in [0.1, 0.15) is 43.0 Å². The molecule has 0 bridgehead atoms. The Bertz CT molecular complexity index is 948. The number of hydrogen-bond acceptors (Lipinski definition) is 4. The van der Waals surface area contributed by atoms with Crippen LogP contribution in [0.25, 0.3) is 0 Å². The van der Waals surface area contributed by atoms with Crippen molar-refractivity contribution in [3.8, 4) is 0 Å². The van der Waals surface area contributed by atoms with Crippen LogP contribution in [0.15, 0.2) is 42.5 Å². The molecule has 1 aliphatic carbocycles. The molecule has 27 heavy (non-hydrogen) atoms. The summed E-state index contributed by atoms with van der Waals surface area (Å²) in [4.78, 5) is 0. The SMILES string of the molecule is C[C@H](Nc1cc(Nc2cc(C3CC3)[nH]n2)c(N)cc1F)c1ccc(F)cc1. The third-order valence-corrected chi connectivity index (χ3v) is 4.76. The van der Waals surface area contributed by atoms with Crippen LogP contribution in [0.4, 0.5) is 31.7 Å². The fourth-order valence-corrected chi connectivity index (χ4v) is 3.02. The molecule has 5 nitrogen and oxygen atoms in total. The van der Waals surface area contributed by atoms with E-state index >= 15 is 0 Å². The predicted molar refractivity (Wildman–Crippen MR) is 103 cm³/mol. The normalized spacial score (nSPS) is 14.8. The van der Waals surface area contributed by atoms with Gasteiger partial charge in [0.2, 0.25) is 0 Å². The fraction of sp³-hybridized carbons (Fsp3) is 0.250. The summed E-state index contributed by atoms with van der Waals surface area (Å²) in [5, 5.41) is 13.5. The summed E-state index contributed by atoms with van der Waals surface area (Å²) in [7, 11) is 0. The molecule has 1 atom stereocenters. The number of H-pyrrole nitrogens is 1. The van der Waals surface area contributed by atoms with E-state index < -0.39 is 5.82 Å². The van der Waals surface area contributed by atoms with Gasteiger partial charge in [-0.2, -0.15) is 5.10 Å². The van der Waals surface area contributed by atoms with Crippen LogP contribution in [0, 0.1) is 11.6 Å². The Morgan fingerprint density at radius 1 is 1.11 bits per heavy atom. The number of nitrogens with one attached hydrogen (secondary N) is 3. The van der Waals surface area contributed by atoms with Crippen LogP contribution in [0.5, 0.6) is 0 Å². The molecular formula is C20H21F2N5. The van der Waals surface area contributed by atoms with Gasteiger partial charge in [0, 0.05) is 29.8 Å². The van der Waals surface area contributed by atoms with Crippen molar-refractivity contribution >= 4 is 22.9 Å². The van der Waals surface area contributed by atoms with Gasteiger partial charge in [-0.3, -0.25) is 5.10 Å². The Hall–Kier alpha value is -3.09. The van der Waals surface area contributed by atoms with Gasteiger partial charge in [0.25, 0.3) is 0 Å². The van der Waals surface area contributed by atoms with Crippen molar-refractivity contribution in [1.29, 1.82) is 0 Å². The van der Waals surface area contributed by atoms with Crippen LogP contribution in [0.3, 0.4) is 0 Å². The van der Waals surface area contributed by atoms with Crippen LogP contribution in [-0.4, -0.2) is 10.2 Å². The average Bonchev–Trinajstić information content (AvgIpc) is 3.39. The smallest absolute Gasteiger partial charge is 0.152 e. The van der Waals surface area contributed by atoms with E-state index in [1.54, 1.807) is 18.2 Å². The van der Waals surface area contributed by atoms with Crippen LogP contribution < -0.4 is 16.4 Å². The zero-order valence-electron chi connectivity index (χ0n) is 14.9. The maximum absolute atomic E-state index is 14.4. The van der Waals surface area contributed by atoms with Crippen molar-refractivity contribution in [3.05, 3.63) is 65.4 Å². The lowest BCUT2D eigenvalue weighted by atomic mass is 10.1. The molecule has 140 valence electrons. The summed E-state index contributed by atoms with van der Waals surface area (Å²) < 4.78 is 27.5. The molecule has 1 heterocycles. The van der Waals surface area contributed by atoms with Gasteiger partial charge in [-0.15, -0.1) is 0 Å². The number of anilines is 4. The van der Waals surface area contributed by atoms with E-state index in [4.69, 9.17) is 5.73 Å². The molecule has 5 N–H and O–H groups in total. The number of halogens is 2. The molecule has 1 fully saturated rings. The van der Waals surface area contributed by atoms with Crippen LogP contribution in [0.2, 0.25) is 0 Å². The van der Waals surface area contributed by atoms with Crippen molar-refractivity contribution in [1.82, 2.24) is 10.2 Å². The van der Waals surface area contributed by atoms with E-state index in [1.807, 2.05) is 13.0 Å². The quantitative estimate of drug-likeness (QED) is 0.458. The van der Waals surface area contributed by atoms with Crippen LogP contribution >= 0.6 is 0 Å². The van der Waals surface area contributed by atoms with Gasteiger partial charge in [-0.25, -0.2) is 8.78 Å². The van der Waals surface area contributed by atoms with Gasteiger partial charge >= 0.3 is 0 Å². The average molecular weight is 369 g/mol. The maximum Gasteiger partial charge on any atom is 0.152 e. The van der Waals surface area contributed by atoms with Gasteiger partial charge < -0.3 is 16.4 Å². The second-order valence-corrected chi connectivity index (χ2v) is 6.94. The Morgan fingerprint density at radius 3 is 2.56 bits per heavy atom. The molecule has 0 amide bonds. The first-order chi connectivity index (χ1) is 13.0. The van der Waals surface area contributed by atoms with Gasteiger partial charge in [-0.1, -0.05) is 12.1 Å². The number of rotatable bonds is 6. The van der Waals surface area contributed by atoms with Crippen molar-refractivity contribution in [2.75, 3.05) is 16.4 Å². The molecule has 0 unspecified atom stereocenters. The summed E-state index contributed by atoms with van der Waals surface area (Å²) in [6.45, 7) is 1.88. The number of nitrogens with zero attached hydrogens (tertiary/aromatic N) is 1. The number of aromatic amines is 1. The first kappa shape index (κ1) is 17.3. The van der Waals surface area contributed by atoms with E-state index in [1.165, 1.54) is 31.0 Å². The Kier molecular flexibility index (Phi) is 4.43. The molecule has 7 heteroatoms. The molecule has 1 saturated carbocycles. The molecule has 0 saturated heterocycles. The minimum Gasteiger partial charge on any atom is -0.397 e. The highest BCUT2D eigenvalue weighted by Gasteiger charge is 2.25. The van der Waals surface area contributed by atoms with Crippen LogP contribution in [-0.2, 0) is 0 Å². The lowest BCUT2D eigenvalue weighted by molar-refractivity contribution is 0.624. The summed E-state index contributed by atoms with van der Waals surface area (Å²) in [6.07, 6.45) is 2.35. The largest absolute Gasteiger partial charge is 0.397 e. The highest BCUT2D eigenvalue weighted by atomic mass is 19.1. The lowest BCUT2D eigenvalue weighted by Crippen LogP contribution is -2.09. The number of benzene rings is 2. The number of aromatic nitrogens is 2. The molecule has 3 aromatic rings. The fourth-order valence-electron chi connectivity index (χ4n) is 3.02. The lowest BCUT2D eigenvalue weighted by Gasteiger charge is -2.18. The van der Waals surface area contributed by atoms with Gasteiger partial charge in [0.05, 0.1) is 17.1 Å². The van der Waals surface area contributed by atoms with E-state index in [0.29, 0.717) is 28.8 Å². The minimum atomic E-state index is -0.451. The Morgan fingerprint density at radius 2 is 1.85 bits per heavy atom. The van der Waals surface area contributed by atoms with Crippen molar-refractivity contribution < 1.29 is 8.78 Å². The van der Waals surface area contributed by atoms with Crippen molar-refractivity contribution in [2.45, 2.75) is 31.7 Å². The molecule has 0 radical (unpaired) electrons. The molecule has 2 aromatic carbocycles. The first-order valence-corrected chi connectivity index (χ1v) is 8.93. The molecular weight excluding hydrogens is 348 g/mol.